The minimum absolute atomic E-state index is 0.180. The van der Waals surface area contributed by atoms with Crippen LogP contribution in [-0.4, -0.2) is 28.6 Å². The van der Waals surface area contributed by atoms with E-state index in [1.165, 1.54) is 17.1 Å². The number of nitrogens with zero attached hydrogens (tertiary/aromatic N) is 3. The summed E-state index contributed by atoms with van der Waals surface area (Å²) in [5.74, 6) is 0.709. The zero-order valence-electron chi connectivity index (χ0n) is 17.9. The molecule has 32 heavy (non-hydrogen) atoms. The molecule has 0 aliphatic carbocycles. The number of pyridine rings is 1. The standard InChI is InChI=1S/C24H24N4O4/c1-17-23-21(25-13-19-9-6-10-20(11-19)31-16-30-2)12-22(29)28(24(23)27-15-26-17)32-14-18-7-4-3-5-8-18/h3-12,15,25H,13-14,16H2,1-2H3. The first-order valence-corrected chi connectivity index (χ1v) is 10.1. The maximum atomic E-state index is 12.9. The number of rotatable bonds is 9. The van der Waals surface area contributed by atoms with Gasteiger partial charge in [-0.3, -0.25) is 4.79 Å². The van der Waals surface area contributed by atoms with Crippen molar-refractivity contribution in [2.75, 3.05) is 19.2 Å². The summed E-state index contributed by atoms with van der Waals surface area (Å²) in [7, 11) is 1.58. The summed E-state index contributed by atoms with van der Waals surface area (Å²) in [6, 6.07) is 18.8. The minimum Gasteiger partial charge on any atom is -0.468 e. The Hall–Kier alpha value is -3.91. The molecule has 0 aliphatic heterocycles. The van der Waals surface area contributed by atoms with Gasteiger partial charge in [-0.05, 0) is 30.2 Å². The van der Waals surface area contributed by atoms with E-state index in [2.05, 4.69) is 15.3 Å². The van der Waals surface area contributed by atoms with Crippen molar-refractivity contribution in [1.29, 1.82) is 0 Å². The average molecular weight is 432 g/mol. The number of benzene rings is 2. The van der Waals surface area contributed by atoms with E-state index in [0.717, 1.165) is 22.2 Å². The Kier molecular flexibility index (Phi) is 6.62. The van der Waals surface area contributed by atoms with Crippen LogP contribution in [0.2, 0.25) is 0 Å². The Morgan fingerprint density at radius 2 is 1.81 bits per heavy atom. The number of anilines is 1. The Balaban J connectivity index is 1.61. The van der Waals surface area contributed by atoms with Gasteiger partial charge in [-0.25, -0.2) is 9.97 Å². The molecule has 4 aromatic rings. The van der Waals surface area contributed by atoms with Gasteiger partial charge in [0.2, 0.25) is 0 Å². The highest BCUT2D eigenvalue weighted by molar-refractivity contribution is 5.90. The topological polar surface area (TPSA) is 87.5 Å². The van der Waals surface area contributed by atoms with Crippen LogP contribution in [-0.2, 0) is 17.9 Å². The van der Waals surface area contributed by atoms with Crippen LogP contribution in [0.4, 0.5) is 5.69 Å². The molecule has 0 amide bonds. The van der Waals surface area contributed by atoms with Crippen molar-refractivity contribution in [1.82, 2.24) is 14.7 Å². The van der Waals surface area contributed by atoms with Gasteiger partial charge >= 0.3 is 0 Å². The monoisotopic (exact) mass is 432 g/mol. The molecule has 2 heterocycles. The molecule has 0 aliphatic rings. The summed E-state index contributed by atoms with van der Waals surface area (Å²) in [4.78, 5) is 27.3. The van der Waals surface area contributed by atoms with Gasteiger partial charge < -0.3 is 19.6 Å². The van der Waals surface area contributed by atoms with E-state index >= 15 is 0 Å². The van der Waals surface area contributed by atoms with E-state index in [1.54, 1.807) is 7.11 Å². The van der Waals surface area contributed by atoms with Gasteiger partial charge in [0, 0.05) is 19.7 Å². The number of hydrogen-bond donors (Lipinski definition) is 1. The molecule has 0 fully saturated rings. The Morgan fingerprint density at radius 3 is 2.62 bits per heavy atom. The Bertz CT molecular complexity index is 1260. The largest absolute Gasteiger partial charge is 0.468 e. The predicted molar refractivity (Wildman–Crippen MR) is 122 cm³/mol. The molecule has 4 rings (SSSR count). The van der Waals surface area contributed by atoms with E-state index in [-0.39, 0.29) is 19.0 Å². The lowest BCUT2D eigenvalue weighted by atomic mass is 10.2. The second-order valence-corrected chi connectivity index (χ2v) is 7.16. The smallest absolute Gasteiger partial charge is 0.287 e. The van der Waals surface area contributed by atoms with Gasteiger partial charge in [-0.2, -0.15) is 0 Å². The van der Waals surface area contributed by atoms with Crippen LogP contribution in [0.5, 0.6) is 5.75 Å². The van der Waals surface area contributed by atoms with E-state index in [1.807, 2.05) is 61.5 Å². The third kappa shape index (κ3) is 4.87. The molecule has 1 N–H and O–H groups in total. The first-order valence-electron chi connectivity index (χ1n) is 10.1. The molecule has 0 saturated heterocycles. The zero-order chi connectivity index (χ0) is 22.3. The Labute approximate surface area is 185 Å². The van der Waals surface area contributed by atoms with E-state index < -0.39 is 0 Å². The molecule has 0 unspecified atom stereocenters. The number of ether oxygens (including phenoxy) is 2. The fourth-order valence-electron chi connectivity index (χ4n) is 3.34. The van der Waals surface area contributed by atoms with Crippen molar-refractivity contribution < 1.29 is 14.3 Å². The SMILES string of the molecule is COCOc1cccc(CNc2cc(=O)n(OCc3ccccc3)c3ncnc(C)c23)c1. The first-order chi connectivity index (χ1) is 15.7. The van der Waals surface area contributed by atoms with E-state index in [4.69, 9.17) is 14.3 Å². The molecule has 0 spiro atoms. The molecule has 8 heteroatoms. The van der Waals surface area contributed by atoms with Crippen LogP contribution in [0.1, 0.15) is 16.8 Å². The molecule has 8 nitrogen and oxygen atoms in total. The number of nitrogens with one attached hydrogen (secondary N) is 1. The van der Waals surface area contributed by atoms with Crippen molar-refractivity contribution in [2.24, 2.45) is 0 Å². The van der Waals surface area contributed by atoms with Crippen LogP contribution >= 0.6 is 0 Å². The van der Waals surface area contributed by atoms with Crippen LogP contribution < -0.4 is 20.5 Å². The van der Waals surface area contributed by atoms with Gasteiger partial charge in [-0.15, -0.1) is 4.73 Å². The fourth-order valence-corrected chi connectivity index (χ4v) is 3.34. The maximum Gasteiger partial charge on any atom is 0.287 e. The molecule has 0 saturated carbocycles. The predicted octanol–water partition coefficient (Wildman–Crippen LogP) is 3.32. The lowest BCUT2D eigenvalue weighted by molar-refractivity contribution is 0.0511. The van der Waals surface area contributed by atoms with Crippen LogP contribution in [0.15, 0.2) is 71.8 Å². The molecule has 0 bridgehead atoms. The highest BCUT2D eigenvalue weighted by Gasteiger charge is 2.14. The third-order valence-electron chi connectivity index (χ3n) is 4.87. The summed E-state index contributed by atoms with van der Waals surface area (Å²) in [5.41, 5.74) is 3.44. The summed E-state index contributed by atoms with van der Waals surface area (Å²) < 4.78 is 11.7. The molecule has 0 radical (unpaired) electrons. The second kappa shape index (κ2) is 9.93. The third-order valence-corrected chi connectivity index (χ3v) is 4.87. The number of hydrogen-bond acceptors (Lipinski definition) is 7. The van der Waals surface area contributed by atoms with Gasteiger partial charge in [0.15, 0.2) is 12.4 Å². The van der Waals surface area contributed by atoms with Crippen LogP contribution in [0.3, 0.4) is 0 Å². The van der Waals surface area contributed by atoms with Gasteiger partial charge in [0.25, 0.3) is 5.56 Å². The zero-order valence-corrected chi connectivity index (χ0v) is 17.9. The van der Waals surface area contributed by atoms with Crippen molar-refractivity contribution in [3.05, 3.63) is 94.2 Å². The summed E-state index contributed by atoms with van der Waals surface area (Å²) in [6.45, 7) is 2.79. The quantitative estimate of drug-likeness (QED) is 0.406. The average Bonchev–Trinajstić information content (AvgIpc) is 2.82. The number of methoxy groups -OCH3 is 1. The number of aryl methyl sites for hydroxylation is 1. The maximum absolute atomic E-state index is 12.9. The Morgan fingerprint density at radius 1 is 1.00 bits per heavy atom. The molecule has 164 valence electrons. The lowest BCUT2D eigenvalue weighted by Gasteiger charge is -2.16. The minimum atomic E-state index is -0.314. The molecular formula is C24H24N4O4. The molecular weight excluding hydrogens is 408 g/mol. The van der Waals surface area contributed by atoms with E-state index in [9.17, 15) is 4.79 Å². The summed E-state index contributed by atoms with van der Waals surface area (Å²) in [6.07, 6.45) is 1.43. The van der Waals surface area contributed by atoms with Crippen molar-refractivity contribution >= 4 is 16.7 Å². The highest BCUT2D eigenvalue weighted by atomic mass is 16.7. The van der Waals surface area contributed by atoms with Crippen LogP contribution in [0.25, 0.3) is 11.0 Å². The number of aromatic nitrogens is 3. The molecule has 2 aromatic heterocycles. The number of fused-ring (bicyclic) bond motifs is 1. The fraction of sp³-hybridized carbons (Fsp3) is 0.208. The second-order valence-electron chi connectivity index (χ2n) is 7.16. The molecule has 2 aromatic carbocycles. The summed E-state index contributed by atoms with van der Waals surface area (Å²) >= 11 is 0. The van der Waals surface area contributed by atoms with Gasteiger partial charge in [0.05, 0.1) is 16.8 Å². The van der Waals surface area contributed by atoms with Crippen molar-refractivity contribution in [2.45, 2.75) is 20.1 Å². The first kappa shape index (κ1) is 21.3. The van der Waals surface area contributed by atoms with Gasteiger partial charge in [0.1, 0.15) is 18.7 Å². The van der Waals surface area contributed by atoms with Crippen molar-refractivity contribution in [3.63, 3.8) is 0 Å². The summed E-state index contributed by atoms with van der Waals surface area (Å²) in [5, 5.41) is 4.06. The lowest BCUT2D eigenvalue weighted by Crippen LogP contribution is -2.28. The van der Waals surface area contributed by atoms with Gasteiger partial charge in [-0.1, -0.05) is 42.5 Å². The molecule has 0 atom stereocenters. The normalized spacial score (nSPS) is 10.8. The van der Waals surface area contributed by atoms with Crippen molar-refractivity contribution in [3.8, 4) is 5.75 Å². The highest BCUT2D eigenvalue weighted by Crippen LogP contribution is 2.23. The van der Waals surface area contributed by atoms with E-state index in [0.29, 0.717) is 23.6 Å². The van der Waals surface area contributed by atoms with Crippen LogP contribution in [0, 0.1) is 6.92 Å².